The molecule has 0 bridgehead atoms. The first-order chi connectivity index (χ1) is 10.5. The fourth-order valence-corrected chi connectivity index (χ4v) is 3.92. The zero-order valence-electron chi connectivity index (χ0n) is 12.9. The highest BCUT2D eigenvalue weighted by Crippen LogP contribution is 2.24. The van der Waals surface area contributed by atoms with Gasteiger partial charge in [0, 0.05) is 26.2 Å². The van der Waals surface area contributed by atoms with Crippen molar-refractivity contribution in [2.24, 2.45) is 0 Å². The van der Waals surface area contributed by atoms with E-state index < -0.39 is 10.0 Å². The third-order valence-corrected chi connectivity index (χ3v) is 5.68. The van der Waals surface area contributed by atoms with E-state index in [-0.39, 0.29) is 10.5 Å². The zero-order chi connectivity index (χ0) is 16.2. The van der Waals surface area contributed by atoms with Gasteiger partial charge in [-0.25, -0.2) is 8.42 Å². The number of hydrogen-bond donors (Lipinski definition) is 0. The smallest absolute Gasteiger partial charge is 0.243 e. The highest BCUT2D eigenvalue weighted by Gasteiger charge is 2.28. The van der Waals surface area contributed by atoms with E-state index in [1.165, 1.54) is 16.4 Å². The van der Waals surface area contributed by atoms with Crippen LogP contribution in [0.5, 0.6) is 5.75 Å². The van der Waals surface area contributed by atoms with Crippen LogP contribution in [0.2, 0.25) is 0 Å². The Kier molecular flexibility index (Phi) is 5.40. The van der Waals surface area contributed by atoms with Gasteiger partial charge in [0.2, 0.25) is 10.0 Å². The summed E-state index contributed by atoms with van der Waals surface area (Å²) >= 11 is 0. The number of nitriles is 1. The summed E-state index contributed by atoms with van der Waals surface area (Å²) in [5.74, 6) is 0.416. The highest BCUT2D eigenvalue weighted by atomic mass is 32.2. The maximum atomic E-state index is 12.7. The van der Waals surface area contributed by atoms with Gasteiger partial charge in [-0.1, -0.05) is 6.92 Å². The Morgan fingerprint density at radius 3 is 2.45 bits per heavy atom. The number of piperazine rings is 1. The molecule has 0 N–H and O–H groups in total. The molecule has 7 heteroatoms. The lowest BCUT2D eigenvalue weighted by Gasteiger charge is -2.33. The normalized spacial score (nSPS) is 17.1. The summed E-state index contributed by atoms with van der Waals surface area (Å²) in [4.78, 5) is 2.36. The number of ether oxygens (including phenoxy) is 1. The molecular formula is C15H21N3O3S. The second-order valence-electron chi connectivity index (χ2n) is 5.04. The number of sulfonamides is 1. The largest absolute Gasteiger partial charge is 0.492 e. The minimum absolute atomic E-state index is 0.150. The van der Waals surface area contributed by atoms with Crippen LogP contribution in [0.4, 0.5) is 0 Å². The Balaban J connectivity index is 2.25. The quantitative estimate of drug-likeness (QED) is 0.816. The van der Waals surface area contributed by atoms with Crippen molar-refractivity contribution in [3.8, 4) is 11.8 Å². The van der Waals surface area contributed by atoms with Crippen LogP contribution >= 0.6 is 0 Å². The van der Waals surface area contributed by atoms with Crippen LogP contribution in [-0.2, 0) is 10.0 Å². The van der Waals surface area contributed by atoms with Crippen LogP contribution in [-0.4, -0.2) is 57.0 Å². The lowest BCUT2D eigenvalue weighted by molar-refractivity contribution is 0.196. The zero-order valence-corrected chi connectivity index (χ0v) is 13.8. The van der Waals surface area contributed by atoms with Crippen LogP contribution in [0.25, 0.3) is 0 Å². The van der Waals surface area contributed by atoms with Crippen LogP contribution in [0.1, 0.15) is 19.4 Å². The lowest BCUT2D eigenvalue weighted by Crippen LogP contribution is -2.48. The van der Waals surface area contributed by atoms with Crippen molar-refractivity contribution in [3.63, 3.8) is 0 Å². The van der Waals surface area contributed by atoms with Gasteiger partial charge in [-0.15, -0.1) is 0 Å². The second kappa shape index (κ2) is 7.09. The fourth-order valence-electron chi connectivity index (χ4n) is 2.47. The molecule has 0 spiro atoms. The Morgan fingerprint density at radius 1 is 1.23 bits per heavy atom. The average Bonchev–Trinajstić information content (AvgIpc) is 2.55. The third kappa shape index (κ3) is 3.40. The van der Waals surface area contributed by atoms with Crippen LogP contribution in [0.3, 0.4) is 0 Å². The summed E-state index contributed by atoms with van der Waals surface area (Å²) in [7, 11) is -3.56. The molecule has 0 aromatic heterocycles. The number of rotatable bonds is 5. The van der Waals surface area contributed by atoms with Crippen molar-refractivity contribution in [2.75, 3.05) is 39.3 Å². The fraction of sp³-hybridized carbons (Fsp3) is 0.533. The van der Waals surface area contributed by atoms with Gasteiger partial charge in [-0.05, 0) is 31.7 Å². The summed E-state index contributed by atoms with van der Waals surface area (Å²) < 4.78 is 32.2. The SMILES string of the molecule is CCOc1ccc(S(=O)(=O)N2CCN(CC)CC2)cc1C#N. The van der Waals surface area contributed by atoms with Crippen molar-refractivity contribution in [2.45, 2.75) is 18.7 Å². The summed E-state index contributed by atoms with van der Waals surface area (Å²) in [6.45, 7) is 7.66. The molecule has 120 valence electrons. The van der Waals surface area contributed by atoms with E-state index in [1.807, 2.05) is 13.0 Å². The molecule has 1 aromatic rings. The lowest BCUT2D eigenvalue weighted by atomic mass is 10.2. The van der Waals surface area contributed by atoms with E-state index in [9.17, 15) is 8.42 Å². The van der Waals surface area contributed by atoms with Gasteiger partial charge < -0.3 is 9.64 Å². The molecule has 1 fully saturated rings. The number of nitrogens with zero attached hydrogens (tertiary/aromatic N) is 3. The average molecular weight is 323 g/mol. The van der Waals surface area contributed by atoms with E-state index in [1.54, 1.807) is 6.07 Å². The van der Waals surface area contributed by atoms with Gasteiger partial charge >= 0.3 is 0 Å². The predicted molar refractivity (Wildman–Crippen MR) is 83.2 cm³/mol. The number of benzene rings is 1. The molecule has 0 saturated carbocycles. The summed E-state index contributed by atoms with van der Waals surface area (Å²) in [5.41, 5.74) is 0.245. The Hall–Kier alpha value is -1.62. The predicted octanol–water partition coefficient (Wildman–Crippen LogP) is 1.28. The number of hydrogen-bond acceptors (Lipinski definition) is 5. The van der Waals surface area contributed by atoms with Gasteiger partial charge in [-0.3, -0.25) is 0 Å². The molecule has 2 rings (SSSR count). The van der Waals surface area contributed by atoms with Gasteiger partial charge in [0.05, 0.1) is 17.1 Å². The Bertz CT molecular complexity index is 659. The third-order valence-electron chi connectivity index (χ3n) is 3.79. The molecule has 1 aromatic carbocycles. The van der Waals surface area contributed by atoms with Crippen molar-refractivity contribution in [1.82, 2.24) is 9.21 Å². The molecule has 1 aliphatic heterocycles. The minimum atomic E-state index is -3.56. The van der Waals surface area contributed by atoms with E-state index in [2.05, 4.69) is 11.8 Å². The molecule has 6 nitrogen and oxygen atoms in total. The van der Waals surface area contributed by atoms with Gasteiger partial charge in [0.1, 0.15) is 11.8 Å². The molecule has 22 heavy (non-hydrogen) atoms. The molecule has 0 amide bonds. The molecule has 0 aliphatic carbocycles. The van der Waals surface area contributed by atoms with Crippen molar-refractivity contribution in [1.29, 1.82) is 5.26 Å². The molecule has 1 aliphatic rings. The highest BCUT2D eigenvalue weighted by molar-refractivity contribution is 7.89. The Morgan fingerprint density at radius 2 is 1.91 bits per heavy atom. The monoisotopic (exact) mass is 323 g/mol. The molecule has 0 atom stereocenters. The van der Waals surface area contributed by atoms with Crippen molar-refractivity contribution in [3.05, 3.63) is 23.8 Å². The van der Waals surface area contributed by atoms with Gasteiger partial charge in [-0.2, -0.15) is 9.57 Å². The van der Waals surface area contributed by atoms with E-state index >= 15 is 0 Å². The van der Waals surface area contributed by atoms with Gasteiger partial charge in [0.25, 0.3) is 0 Å². The molecule has 1 heterocycles. The second-order valence-corrected chi connectivity index (χ2v) is 6.98. The maximum absolute atomic E-state index is 12.7. The topological polar surface area (TPSA) is 73.6 Å². The molecule has 0 radical (unpaired) electrons. The standard InChI is InChI=1S/C15H21N3O3S/c1-3-17-7-9-18(10-8-17)22(19,20)14-5-6-15(21-4-2)13(11-14)12-16/h5-6,11H,3-4,7-10H2,1-2H3. The van der Waals surface area contributed by atoms with E-state index in [0.29, 0.717) is 25.4 Å². The maximum Gasteiger partial charge on any atom is 0.243 e. The summed E-state index contributed by atoms with van der Waals surface area (Å²) in [6, 6.07) is 6.45. The van der Waals surface area contributed by atoms with Crippen molar-refractivity contribution >= 4 is 10.0 Å². The molecular weight excluding hydrogens is 302 g/mol. The minimum Gasteiger partial charge on any atom is -0.492 e. The van der Waals surface area contributed by atoms with Crippen LogP contribution in [0.15, 0.2) is 23.1 Å². The van der Waals surface area contributed by atoms with Gasteiger partial charge in [0.15, 0.2) is 0 Å². The number of likely N-dealkylation sites (N-methyl/N-ethyl adjacent to an activating group) is 1. The van der Waals surface area contributed by atoms with Crippen LogP contribution < -0.4 is 4.74 Å². The summed E-state index contributed by atoms with van der Waals surface area (Å²) in [6.07, 6.45) is 0. The first-order valence-corrected chi connectivity index (χ1v) is 8.86. The van der Waals surface area contributed by atoms with E-state index in [0.717, 1.165) is 19.6 Å². The summed E-state index contributed by atoms with van der Waals surface area (Å²) in [5, 5.41) is 9.17. The first-order valence-electron chi connectivity index (χ1n) is 7.42. The molecule has 1 saturated heterocycles. The molecule has 0 unspecified atom stereocenters. The van der Waals surface area contributed by atoms with E-state index in [4.69, 9.17) is 10.00 Å². The first kappa shape index (κ1) is 16.7. The Labute approximate surface area is 131 Å². The van der Waals surface area contributed by atoms with Crippen LogP contribution in [0, 0.1) is 11.3 Å². The van der Waals surface area contributed by atoms with Crippen molar-refractivity contribution < 1.29 is 13.2 Å².